The average Bonchev–Trinajstić information content (AvgIpc) is 3.42. The monoisotopic (exact) mass is 366 g/mol. The van der Waals surface area contributed by atoms with Gasteiger partial charge in [0.05, 0.1) is 6.20 Å². The first kappa shape index (κ1) is 16.0. The number of benzene rings is 1. The lowest BCUT2D eigenvalue weighted by Gasteiger charge is -2.51. The Hall–Kier alpha value is -2.05. The highest BCUT2D eigenvalue weighted by Crippen LogP contribution is 2.48. The predicted molar refractivity (Wildman–Crippen MR) is 101 cm³/mol. The van der Waals surface area contributed by atoms with Crippen LogP contribution in [0.15, 0.2) is 30.6 Å². The zero-order valence-corrected chi connectivity index (χ0v) is 15.8. The minimum atomic E-state index is 0.344. The highest BCUT2D eigenvalue weighted by atomic mass is 16.7. The van der Waals surface area contributed by atoms with Crippen molar-refractivity contribution in [1.82, 2.24) is 19.6 Å². The highest BCUT2D eigenvalue weighted by Gasteiger charge is 2.53. The van der Waals surface area contributed by atoms with E-state index in [9.17, 15) is 0 Å². The van der Waals surface area contributed by atoms with Crippen LogP contribution >= 0.6 is 0 Å². The Labute approximate surface area is 159 Å². The highest BCUT2D eigenvalue weighted by molar-refractivity contribution is 5.46. The molecule has 0 radical (unpaired) electrons. The van der Waals surface area contributed by atoms with Gasteiger partial charge in [-0.1, -0.05) is 6.07 Å². The van der Waals surface area contributed by atoms with E-state index in [-0.39, 0.29) is 0 Å². The van der Waals surface area contributed by atoms with E-state index in [1.54, 1.807) is 0 Å². The molecular formula is C21H26N4O2. The van der Waals surface area contributed by atoms with Crippen molar-refractivity contribution in [2.75, 3.05) is 26.4 Å². The molecule has 1 aromatic carbocycles. The molecule has 0 saturated carbocycles. The van der Waals surface area contributed by atoms with Crippen LogP contribution in [0.1, 0.15) is 29.9 Å². The first-order valence-electron chi connectivity index (χ1n) is 10.1. The zero-order chi connectivity index (χ0) is 18.0. The SMILES string of the molecule is Cn1cc(CN2C[C@H](c3ccc4c(c3)OCO4)[C@@H]3[C@H]2C2CCN3CC2)cn1. The van der Waals surface area contributed by atoms with E-state index in [0.717, 1.165) is 30.5 Å². The Balaban J connectivity index is 1.34. The number of hydrogen-bond donors (Lipinski definition) is 0. The first-order valence-corrected chi connectivity index (χ1v) is 10.1. The van der Waals surface area contributed by atoms with Gasteiger partial charge in [0.15, 0.2) is 11.5 Å². The molecule has 1 aromatic heterocycles. The largest absolute Gasteiger partial charge is 0.454 e. The van der Waals surface area contributed by atoms with E-state index in [1.807, 2.05) is 17.9 Å². The molecule has 0 aliphatic carbocycles. The molecule has 5 aliphatic rings. The summed E-state index contributed by atoms with van der Waals surface area (Å²) in [4.78, 5) is 5.48. The second-order valence-electron chi connectivity index (χ2n) is 8.53. The molecule has 2 bridgehead atoms. The van der Waals surface area contributed by atoms with Crippen molar-refractivity contribution in [2.45, 2.75) is 37.4 Å². The first-order chi connectivity index (χ1) is 13.3. The van der Waals surface area contributed by atoms with Crippen molar-refractivity contribution in [3.8, 4) is 11.5 Å². The quantitative estimate of drug-likeness (QED) is 0.833. The lowest BCUT2D eigenvalue weighted by atomic mass is 9.75. The van der Waals surface area contributed by atoms with Gasteiger partial charge in [0, 0.05) is 49.9 Å². The summed E-state index contributed by atoms with van der Waals surface area (Å²) in [6.45, 7) is 4.97. The second-order valence-corrected chi connectivity index (χ2v) is 8.53. The smallest absolute Gasteiger partial charge is 0.231 e. The fraction of sp³-hybridized carbons (Fsp3) is 0.571. The maximum Gasteiger partial charge on any atom is 0.231 e. The van der Waals surface area contributed by atoms with Crippen molar-refractivity contribution in [3.63, 3.8) is 0 Å². The Bertz CT molecular complexity index is 858. The van der Waals surface area contributed by atoms with E-state index in [2.05, 4.69) is 39.3 Å². The van der Waals surface area contributed by atoms with Gasteiger partial charge in [0.1, 0.15) is 0 Å². The van der Waals surface area contributed by atoms with Gasteiger partial charge in [-0.25, -0.2) is 0 Å². The molecule has 6 nitrogen and oxygen atoms in total. The molecule has 5 aliphatic heterocycles. The fourth-order valence-electron chi connectivity index (χ4n) is 5.95. The van der Waals surface area contributed by atoms with Gasteiger partial charge in [-0.15, -0.1) is 0 Å². The van der Waals surface area contributed by atoms with Crippen LogP contribution < -0.4 is 9.47 Å². The van der Waals surface area contributed by atoms with Crippen LogP contribution in [0.4, 0.5) is 0 Å². The van der Waals surface area contributed by atoms with E-state index >= 15 is 0 Å². The molecule has 2 aromatic rings. The molecule has 27 heavy (non-hydrogen) atoms. The summed E-state index contributed by atoms with van der Waals surface area (Å²) < 4.78 is 13.1. The van der Waals surface area contributed by atoms with Crippen molar-refractivity contribution in [3.05, 3.63) is 41.7 Å². The molecule has 4 fully saturated rings. The van der Waals surface area contributed by atoms with Crippen LogP contribution in [-0.2, 0) is 13.6 Å². The van der Waals surface area contributed by atoms with Gasteiger partial charge < -0.3 is 9.47 Å². The molecule has 6 heterocycles. The Kier molecular flexibility index (Phi) is 3.53. The third kappa shape index (κ3) is 2.50. The third-order valence-corrected chi connectivity index (χ3v) is 7.06. The lowest BCUT2D eigenvalue weighted by molar-refractivity contribution is -0.00870. The van der Waals surface area contributed by atoms with Gasteiger partial charge in [-0.2, -0.15) is 5.10 Å². The molecule has 0 N–H and O–H groups in total. The summed E-state index contributed by atoms with van der Waals surface area (Å²) >= 11 is 0. The standard InChI is InChI=1S/C21H26N4O2/c1-23-10-14(9-22-23)11-25-12-17(16-2-3-18-19(8-16)27-13-26-18)21-20(25)15-4-6-24(21)7-5-15/h2-3,8-10,15,17,20-21H,4-7,11-13H2,1H3/t17-,20-,21-/m1/s1. The van der Waals surface area contributed by atoms with Gasteiger partial charge in [0.2, 0.25) is 6.79 Å². The summed E-state index contributed by atoms with van der Waals surface area (Å²) in [6.07, 6.45) is 6.87. The normalized spacial score (nSPS) is 34.2. The second kappa shape index (κ2) is 5.97. The number of ether oxygens (including phenoxy) is 2. The number of piperidine rings is 3. The van der Waals surface area contributed by atoms with Crippen molar-refractivity contribution in [2.24, 2.45) is 13.0 Å². The molecular weight excluding hydrogens is 340 g/mol. The van der Waals surface area contributed by atoms with Crippen LogP contribution in [0.25, 0.3) is 0 Å². The summed E-state index contributed by atoms with van der Waals surface area (Å²) in [5, 5.41) is 4.38. The number of fused-ring (bicyclic) bond motifs is 3. The number of hydrogen-bond acceptors (Lipinski definition) is 5. The van der Waals surface area contributed by atoms with Crippen LogP contribution in [0.3, 0.4) is 0 Å². The Morgan fingerprint density at radius 2 is 1.96 bits per heavy atom. The molecule has 142 valence electrons. The average molecular weight is 366 g/mol. The number of aryl methyl sites for hydroxylation is 1. The van der Waals surface area contributed by atoms with Crippen molar-refractivity contribution < 1.29 is 9.47 Å². The minimum absolute atomic E-state index is 0.344. The van der Waals surface area contributed by atoms with Crippen LogP contribution in [0.5, 0.6) is 11.5 Å². The van der Waals surface area contributed by atoms with Gasteiger partial charge in [-0.05, 0) is 49.5 Å². The van der Waals surface area contributed by atoms with Crippen LogP contribution in [-0.4, -0.2) is 58.1 Å². The van der Waals surface area contributed by atoms with E-state index in [1.165, 1.54) is 37.1 Å². The van der Waals surface area contributed by atoms with Gasteiger partial charge in [-0.3, -0.25) is 14.5 Å². The number of aromatic nitrogens is 2. The molecule has 0 amide bonds. The fourth-order valence-corrected chi connectivity index (χ4v) is 5.95. The van der Waals surface area contributed by atoms with Gasteiger partial charge >= 0.3 is 0 Å². The summed E-state index contributed by atoms with van der Waals surface area (Å²) in [7, 11) is 2.00. The summed E-state index contributed by atoms with van der Waals surface area (Å²) in [5.74, 6) is 3.15. The molecule has 6 heteroatoms. The molecule has 0 unspecified atom stereocenters. The Morgan fingerprint density at radius 1 is 1.11 bits per heavy atom. The molecule has 4 saturated heterocycles. The topological polar surface area (TPSA) is 42.8 Å². The predicted octanol–water partition coefficient (Wildman–Crippen LogP) is 2.21. The molecule has 0 spiro atoms. The van der Waals surface area contributed by atoms with Crippen molar-refractivity contribution >= 4 is 0 Å². The molecule has 3 atom stereocenters. The zero-order valence-electron chi connectivity index (χ0n) is 15.8. The molecule has 7 rings (SSSR count). The van der Waals surface area contributed by atoms with E-state index in [0.29, 0.717) is 24.8 Å². The Morgan fingerprint density at radius 3 is 2.78 bits per heavy atom. The lowest BCUT2D eigenvalue weighted by Crippen LogP contribution is -2.59. The van der Waals surface area contributed by atoms with Crippen molar-refractivity contribution in [1.29, 1.82) is 0 Å². The van der Waals surface area contributed by atoms with Gasteiger partial charge in [0.25, 0.3) is 0 Å². The number of rotatable bonds is 3. The minimum Gasteiger partial charge on any atom is -0.454 e. The maximum absolute atomic E-state index is 5.66. The number of likely N-dealkylation sites (tertiary alicyclic amines) is 1. The van der Waals surface area contributed by atoms with E-state index < -0.39 is 0 Å². The van der Waals surface area contributed by atoms with E-state index in [4.69, 9.17) is 9.47 Å². The van der Waals surface area contributed by atoms with Crippen LogP contribution in [0.2, 0.25) is 0 Å². The summed E-state index contributed by atoms with van der Waals surface area (Å²) in [5.41, 5.74) is 2.72. The van der Waals surface area contributed by atoms with Crippen LogP contribution in [0, 0.1) is 5.92 Å². The maximum atomic E-state index is 5.66. The number of nitrogens with zero attached hydrogens (tertiary/aromatic N) is 4. The third-order valence-electron chi connectivity index (χ3n) is 7.06. The summed E-state index contributed by atoms with van der Waals surface area (Å²) in [6, 6.07) is 7.85.